The molecule has 6 nitrogen and oxygen atoms in total. The van der Waals surface area contributed by atoms with Crippen LogP contribution in [0.1, 0.15) is 24.1 Å². The van der Waals surface area contributed by atoms with E-state index in [0.29, 0.717) is 10.2 Å². The third kappa shape index (κ3) is 4.20. The van der Waals surface area contributed by atoms with Gasteiger partial charge in [-0.25, -0.2) is 0 Å². The first kappa shape index (κ1) is 21.5. The molecule has 160 valence electrons. The predicted octanol–water partition coefficient (Wildman–Crippen LogP) is 5.16. The molecule has 0 fully saturated rings. The summed E-state index contributed by atoms with van der Waals surface area (Å²) in [6, 6.07) is 15.4. The topological polar surface area (TPSA) is 59.7 Å². The summed E-state index contributed by atoms with van der Waals surface area (Å²) in [5.74, 6) is 1.03. The zero-order valence-electron chi connectivity index (χ0n) is 17.8. The summed E-state index contributed by atoms with van der Waals surface area (Å²) in [4.78, 5) is 14.6. The number of methoxy groups -OCH3 is 1. The number of aryl methyl sites for hydroxylation is 1. The van der Waals surface area contributed by atoms with Crippen molar-refractivity contribution in [2.75, 3.05) is 19.9 Å². The van der Waals surface area contributed by atoms with Gasteiger partial charge in [-0.2, -0.15) is 0 Å². The fraction of sp³-hybridized carbons (Fsp3) is 0.261. The summed E-state index contributed by atoms with van der Waals surface area (Å²) in [5, 5.41) is 11.1. The second kappa shape index (κ2) is 8.77. The summed E-state index contributed by atoms with van der Waals surface area (Å²) in [6.07, 6.45) is 0. The number of aromatic nitrogens is 3. The number of halogens is 1. The maximum atomic E-state index is 12.9. The van der Waals surface area contributed by atoms with E-state index in [9.17, 15) is 4.79 Å². The van der Waals surface area contributed by atoms with Crippen LogP contribution in [0, 0.1) is 6.92 Å². The largest absolute Gasteiger partial charge is 0.497 e. The molecule has 2 aromatic carbocycles. The van der Waals surface area contributed by atoms with E-state index < -0.39 is 0 Å². The van der Waals surface area contributed by atoms with Gasteiger partial charge in [-0.15, -0.1) is 10.2 Å². The first-order chi connectivity index (χ1) is 14.9. The molecule has 1 amide bonds. The minimum absolute atomic E-state index is 0.0122. The van der Waals surface area contributed by atoms with E-state index in [2.05, 4.69) is 10.2 Å². The van der Waals surface area contributed by atoms with E-state index in [1.807, 2.05) is 73.8 Å². The molecule has 4 aromatic rings. The molecule has 0 aliphatic carbocycles. The number of hydrogen-bond donors (Lipinski definition) is 0. The molecule has 31 heavy (non-hydrogen) atoms. The number of fused-ring (bicyclic) bond motifs is 3. The Morgan fingerprint density at radius 2 is 1.94 bits per heavy atom. The molecule has 2 aromatic heterocycles. The summed E-state index contributed by atoms with van der Waals surface area (Å²) < 4.78 is 7.38. The molecule has 0 bridgehead atoms. The van der Waals surface area contributed by atoms with Crippen LogP contribution < -0.4 is 4.74 Å². The van der Waals surface area contributed by atoms with Gasteiger partial charge < -0.3 is 9.64 Å². The maximum absolute atomic E-state index is 12.9. The first-order valence-electron chi connectivity index (χ1n) is 9.85. The molecule has 0 spiro atoms. The second-order valence-corrected chi connectivity index (χ2v) is 8.79. The van der Waals surface area contributed by atoms with Crippen molar-refractivity contribution in [3.63, 3.8) is 0 Å². The number of carbonyl (C=O) groups is 1. The molecule has 0 N–H and O–H groups in total. The van der Waals surface area contributed by atoms with Crippen LogP contribution in [0.5, 0.6) is 5.75 Å². The number of rotatable bonds is 6. The number of hydrogen-bond acceptors (Lipinski definition) is 5. The number of nitrogens with zero attached hydrogens (tertiary/aromatic N) is 4. The van der Waals surface area contributed by atoms with E-state index in [4.69, 9.17) is 16.3 Å². The van der Waals surface area contributed by atoms with Gasteiger partial charge in [-0.3, -0.25) is 9.20 Å². The van der Waals surface area contributed by atoms with Gasteiger partial charge in [0.05, 0.1) is 24.4 Å². The first-order valence-corrected chi connectivity index (χ1v) is 11.2. The number of amides is 1. The Hall–Kier alpha value is -2.77. The zero-order chi connectivity index (χ0) is 22.1. The average molecular weight is 455 g/mol. The van der Waals surface area contributed by atoms with Crippen LogP contribution in [-0.2, 0) is 4.79 Å². The van der Waals surface area contributed by atoms with Crippen molar-refractivity contribution in [1.29, 1.82) is 0 Å². The third-order valence-electron chi connectivity index (χ3n) is 5.53. The highest BCUT2D eigenvalue weighted by molar-refractivity contribution is 7.99. The Morgan fingerprint density at radius 3 is 2.65 bits per heavy atom. The molecule has 4 rings (SSSR count). The van der Waals surface area contributed by atoms with Gasteiger partial charge in [0.25, 0.3) is 0 Å². The van der Waals surface area contributed by atoms with Gasteiger partial charge in [0.2, 0.25) is 5.91 Å². The lowest BCUT2D eigenvalue weighted by molar-refractivity contribution is -0.128. The van der Waals surface area contributed by atoms with Crippen LogP contribution in [-0.4, -0.2) is 45.3 Å². The highest BCUT2D eigenvalue weighted by atomic mass is 35.5. The Balaban J connectivity index is 1.58. The van der Waals surface area contributed by atoms with Gasteiger partial charge in [0.1, 0.15) is 5.75 Å². The number of carbonyl (C=O) groups excluding carboxylic acids is 1. The van der Waals surface area contributed by atoms with Crippen LogP contribution >= 0.6 is 23.4 Å². The summed E-state index contributed by atoms with van der Waals surface area (Å²) in [5.41, 5.74) is 3.85. The van der Waals surface area contributed by atoms with E-state index >= 15 is 0 Å². The van der Waals surface area contributed by atoms with Crippen LogP contribution in [0.4, 0.5) is 0 Å². The summed E-state index contributed by atoms with van der Waals surface area (Å²) in [6.45, 7) is 4.05. The molecule has 0 saturated heterocycles. The summed E-state index contributed by atoms with van der Waals surface area (Å²) in [7, 11) is 3.46. The van der Waals surface area contributed by atoms with Gasteiger partial charge >= 0.3 is 0 Å². The lowest BCUT2D eigenvalue weighted by atomic mass is 10.1. The molecule has 1 unspecified atom stereocenters. The van der Waals surface area contributed by atoms with E-state index in [1.54, 1.807) is 12.0 Å². The molecule has 2 heterocycles. The molecule has 0 aliphatic heterocycles. The molecule has 0 radical (unpaired) electrons. The Kier molecular flexibility index (Phi) is 6.07. The minimum Gasteiger partial charge on any atom is -0.497 e. The molecular formula is C23H23ClN4O2S. The standard InChI is InChI=1S/C23H23ClN4O2S/c1-14-11-21-25-26-23(28(21)20-12-18(30-4)9-10-19(14)20)31-13-22(29)27(3)15(2)16-5-7-17(24)8-6-16/h5-12,15H,13H2,1-4H3. The van der Waals surface area contributed by atoms with Crippen molar-refractivity contribution in [1.82, 2.24) is 19.5 Å². The van der Waals surface area contributed by atoms with Crippen molar-refractivity contribution in [3.8, 4) is 5.75 Å². The van der Waals surface area contributed by atoms with Crippen molar-refractivity contribution in [3.05, 3.63) is 64.7 Å². The van der Waals surface area contributed by atoms with Gasteiger partial charge in [0.15, 0.2) is 10.8 Å². The molecule has 1 atom stereocenters. The highest BCUT2D eigenvalue weighted by Gasteiger charge is 2.19. The number of ether oxygens (including phenoxy) is 1. The number of benzene rings is 2. The Labute approximate surface area is 190 Å². The quantitative estimate of drug-likeness (QED) is 0.376. The molecular weight excluding hydrogens is 432 g/mol. The van der Waals surface area contributed by atoms with Crippen molar-refractivity contribution in [2.24, 2.45) is 0 Å². The molecule has 0 saturated carbocycles. The fourth-order valence-corrected chi connectivity index (χ4v) is 4.53. The second-order valence-electron chi connectivity index (χ2n) is 7.41. The van der Waals surface area contributed by atoms with Crippen LogP contribution in [0.15, 0.2) is 53.7 Å². The zero-order valence-corrected chi connectivity index (χ0v) is 19.4. The van der Waals surface area contributed by atoms with E-state index in [1.165, 1.54) is 11.8 Å². The van der Waals surface area contributed by atoms with Crippen molar-refractivity contribution < 1.29 is 9.53 Å². The monoisotopic (exact) mass is 454 g/mol. The Bertz CT molecular complexity index is 1260. The van der Waals surface area contributed by atoms with Gasteiger partial charge in [0, 0.05) is 23.5 Å². The minimum atomic E-state index is -0.0618. The van der Waals surface area contributed by atoms with Crippen molar-refractivity contribution >= 4 is 45.8 Å². The number of pyridine rings is 1. The fourth-order valence-electron chi connectivity index (χ4n) is 3.53. The smallest absolute Gasteiger partial charge is 0.233 e. The lowest BCUT2D eigenvalue weighted by Gasteiger charge is -2.25. The van der Waals surface area contributed by atoms with Crippen LogP contribution in [0.3, 0.4) is 0 Å². The normalized spacial score (nSPS) is 12.3. The Morgan fingerprint density at radius 1 is 1.19 bits per heavy atom. The van der Waals surface area contributed by atoms with Crippen LogP contribution in [0.25, 0.3) is 16.6 Å². The van der Waals surface area contributed by atoms with Crippen LogP contribution in [0.2, 0.25) is 5.02 Å². The highest BCUT2D eigenvalue weighted by Crippen LogP contribution is 2.29. The van der Waals surface area contributed by atoms with E-state index in [-0.39, 0.29) is 17.7 Å². The lowest BCUT2D eigenvalue weighted by Crippen LogP contribution is -2.31. The molecule has 0 aliphatic rings. The third-order valence-corrected chi connectivity index (χ3v) is 6.69. The van der Waals surface area contributed by atoms with Gasteiger partial charge in [-0.05, 0) is 55.3 Å². The van der Waals surface area contributed by atoms with E-state index in [0.717, 1.165) is 33.4 Å². The summed E-state index contributed by atoms with van der Waals surface area (Å²) >= 11 is 7.35. The average Bonchev–Trinajstić information content (AvgIpc) is 3.19. The molecule has 8 heteroatoms. The predicted molar refractivity (Wildman–Crippen MR) is 125 cm³/mol. The van der Waals surface area contributed by atoms with Gasteiger partial charge in [-0.1, -0.05) is 35.5 Å². The number of thioether (sulfide) groups is 1. The van der Waals surface area contributed by atoms with Crippen molar-refractivity contribution in [2.45, 2.75) is 25.0 Å². The SMILES string of the molecule is COc1ccc2c(C)cc3nnc(SCC(=O)N(C)C(C)c4ccc(Cl)cc4)n3c2c1. The maximum Gasteiger partial charge on any atom is 0.233 e.